The Labute approximate surface area is 315 Å². The number of fused-ring (bicyclic) bond motifs is 1. The number of halogens is 3. The third-order valence-corrected chi connectivity index (χ3v) is 10.7. The molecule has 1 aliphatic heterocycles. The number of rotatable bonds is 9. The fraction of sp³-hybridized carbons (Fsp3) is 0.184. The summed E-state index contributed by atoms with van der Waals surface area (Å²) in [5.41, 5.74) is 5.20. The van der Waals surface area contributed by atoms with Crippen molar-refractivity contribution < 1.29 is 14.3 Å². The number of carbonyl (C=O) groups is 1. The third-order valence-electron chi connectivity index (χ3n) is 7.88. The van der Waals surface area contributed by atoms with Gasteiger partial charge in [-0.2, -0.15) is 0 Å². The molecule has 48 heavy (non-hydrogen) atoms. The highest BCUT2D eigenvalue weighted by atomic mass is 127. The van der Waals surface area contributed by atoms with Gasteiger partial charge >= 0.3 is 5.97 Å². The summed E-state index contributed by atoms with van der Waals surface area (Å²) in [6.45, 7) is 6.63. The minimum Gasteiger partial charge on any atom is -0.487 e. The monoisotopic (exact) mass is 900 g/mol. The summed E-state index contributed by atoms with van der Waals surface area (Å²) in [4.78, 5) is 33.6. The van der Waals surface area contributed by atoms with Crippen LogP contribution in [0, 0.1) is 7.14 Å². The van der Waals surface area contributed by atoms with Crippen molar-refractivity contribution in [3.05, 3.63) is 156 Å². The Morgan fingerprint density at radius 3 is 2.35 bits per heavy atom. The number of hydrogen-bond donors (Lipinski definition) is 0. The van der Waals surface area contributed by atoms with Crippen molar-refractivity contribution in [2.75, 3.05) is 6.61 Å². The van der Waals surface area contributed by atoms with E-state index in [4.69, 9.17) is 26.1 Å². The molecule has 0 fully saturated rings. The van der Waals surface area contributed by atoms with Gasteiger partial charge in [-0.05, 0) is 111 Å². The molecule has 0 amide bonds. The second-order valence-corrected chi connectivity index (χ2v) is 15.3. The molecular formula is C38H31ClI2N2O4S. The highest BCUT2D eigenvalue weighted by Crippen LogP contribution is 2.36. The van der Waals surface area contributed by atoms with Crippen LogP contribution in [0.4, 0.5) is 0 Å². The molecule has 0 saturated carbocycles. The van der Waals surface area contributed by atoms with E-state index in [0.29, 0.717) is 38.2 Å². The van der Waals surface area contributed by atoms with Gasteiger partial charge in [0, 0.05) is 10.6 Å². The smallest absolute Gasteiger partial charge is 0.338 e. The maximum Gasteiger partial charge on any atom is 0.338 e. The molecule has 6 rings (SSSR count). The number of hydrogen-bond acceptors (Lipinski definition) is 6. The van der Waals surface area contributed by atoms with Crippen molar-refractivity contribution in [3.8, 4) is 5.75 Å². The van der Waals surface area contributed by atoms with Crippen LogP contribution in [-0.4, -0.2) is 17.1 Å². The van der Waals surface area contributed by atoms with Gasteiger partial charge in [0.2, 0.25) is 0 Å². The highest BCUT2D eigenvalue weighted by Gasteiger charge is 2.35. The van der Waals surface area contributed by atoms with Crippen molar-refractivity contribution in [3.63, 3.8) is 0 Å². The van der Waals surface area contributed by atoms with Crippen molar-refractivity contribution >= 4 is 85.9 Å². The summed E-state index contributed by atoms with van der Waals surface area (Å²) in [6.07, 6.45) is 1.88. The summed E-state index contributed by atoms with van der Waals surface area (Å²) >= 11 is 12.0. The summed E-state index contributed by atoms with van der Waals surface area (Å²) < 4.78 is 15.8. The number of esters is 1. The van der Waals surface area contributed by atoms with E-state index >= 15 is 0 Å². The standard InChI is InChI=1S/C38H31ClI2N2O4S/c1-4-46-37(45)32-33(26-10-6-5-7-11-26)42-38-43(34(32)27-15-13-25(14-16-27)22(2)3)36(44)31(48-38)20-24-18-29(40)35(30(41)19-24)47-21-23-9-8-12-28(39)17-23/h5-20,22,34H,4,21H2,1-3H3/b31-20-/t34-/m1/s1. The number of ether oxygens (including phenoxy) is 2. The number of thiazole rings is 1. The Morgan fingerprint density at radius 1 is 1.00 bits per heavy atom. The van der Waals surface area contributed by atoms with E-state index in [0.717, 1.165) is 35.1 Å². The van der Waals surface area contributed by atoms with Gasteiger partial charge in [-0.15, -0.1) is 0 Å². The second-order valence-electron chi connectivity index (χ2n) is 11.5. The first-order valence-electron chi connectivity index (χ1n) is 15.4. The van der Waals surface area contributed by atoms with Crippen LogP contribution in [0.25, 0.3) is 11.8 Å². The SMILES string of the molecule is CCOC(=O)C1=C(c2ccccc2)N=c2s/c(=C\c3cc(I)c(OCc4cccc(Cl)c4)c(I)c3)c(=O)n2[C@@H]1c1ccc(C(C)C)cc1. The fourth-order valence-electron chi connectivity index (χ4n) is 5.55. The quantitative estimate of drug-likeness (QED) is 0.110. The normalized spacial score (nSPS) is 14.6. The number of nitrogens with zero attached hydrogens (tertiary/aromatic N) is 2. The lowest BCUT2D eigenvalue weighted by molar-refractivity contribution is -0.138. The molecule has 6 nitrogen and oxygen atoms in total. The Bertz CT molecular complexity index is 2190. The molecule has 1 aliphatic rings. The lowest BCUT2D eigenvalue weighted by Crippen LogP contribution is -2.40. The Hall–Kier alpha value is -3.26. The van der Waals surface area contributed by atoms with Gasteiger partial charge in [0.05, 0.1) is 35.6 Å². The highest BCUT2D eigenvalue weighted by molar-refractivity contribution is 14.1. The second kappa shape index (κ2) is 15.1. The van der Waals surface area contributed by atoms with E-state index in [9.17, 15) is 9.59 Å². The van der Waals surface area contributed by atoms with E-state index in [-0.39, 0.29) is 12.2 Å². The average Bonchev–Trinajstić information content (AvgIpc) is 3.38. The summed E-state index contributed by atoms with van der Waals surface area (Å²) in [5, 5.41) is 0.664. The molecule has 10 heteroatoms. The summed E-state index contributed by atoms with van der Waals surface area (Å²) in [6, 6.07) is 28.6. The van der Waals surface area contributed by atoms with Crippen LogP contribution in [0.3, 0.4) is 0 Å². The lowest BCUT2D eigenvalue weighted by Gasteiger charge is -2.26. The van der Waals surface area contributed by atoms with Gasteiger partial charge in [0.15, 0.2) is 4.80 Å². The maximum absolute atomic E-state index is 14.3. The zero-order valence-corrected chi connectivity index (χ0v) is 32.3. The predicted molar refractivity (Wildman–Crippen MR) is 209 cm³/mol. The molecular weight excluding hydrogens is 870 g/mol. The maximum atomic E-state index is 14.3. The Morgan fingerprint density at radius 2 is 1.71 bits per heavy atom. The molecule has 244 valence electrons. The van der Waals surface area contributed by atoms with Gasteiger partial charge in [0.1, 0.15) is 12.4 Å². The number of benzene rings is 4. The minimum absolute atomic E-state index is 0.198. The number of aromatic nitrogens is 1. The van der Waals surface area contributed by atoms with Crippen molar-refractivity contribution in [2.45, 2.75) is 39.3 Å². The predicted octanol–water partition coefficient (Wildman–Crippen LogP) is 8.50. The molecule has 4 aromatic carbocycles. The topological polar surface area (TPSA) is 69.9 Å². The third kappa shape index (κ3) is 7.34. The van der Waals surface area contributed by atoms with Crippen LogP contribution in [0.5, 0.6) is 5.75 Å². The van der Waals surface area contributed by atoms with Crippen LogP contribution in [-0.2, 0) is 16.1 Å². The average molecular weight is 901 g/mol. The van der Waals surface area contributed by atoms with E-state index in [1.54, 1.807) is 11.5 Å². The van der Waals surface area contributed by atoms with Gasteiger partial charge in [-0.3, -0.25) is 9.36 Å². The molecule has 0 N–H and O–H groups in total. The Balaban J connectivity index is 1.48. The van der Waals surface area contributed by atoms with E-state index in [2.05, 4.69) is 71.2 Å². The van der Waals surface area contributed by atoms with Gasteiger partial charge in [-0.1, -0.05) is 104 Å². The minimum atomic E-state index is -0.721. The molecule has 0 aliphatic carbocycles. The molecule has 0 spiro atoms. The summed E-state index contributed by atoms with van der Waals surface area (Å²) in [7, 11) is 0. The first kappa shape index (κ1) is 34.6. The van der Waals surface area contributed by atoms with Gasteiger partial charge < -0.3 is 9.47 Å². The van der Waals surface area contributed by atoms with E-state index in [1.165, 1.54) is 16.9 Å². The molecule has 1 atom stereocenters. The van der Waals surface area contributed by atoms with Crippen LogP contribution >= 0.6 is 68.1 Å². The largest absolute Gasteiger partial charge is 0.487 e. The number of carbonyl (C=O) groups excluding carboxylic acids is 1. The fourth-order valence-corrected chi connectivity index (χ4v) is 8.89. The van der Waals surface area contributed by atoms with Crippen molar-refractivity contribution in [2.24, 2.45) is 4.99 Å². The molecule has 5 aromatic rings. The zero-order chi connectivity index (χ0) is 33.9. The van der Waals surface area contributed by atoms with Crippen LogP contribution in [0.15, 0.2) is 106 Å². The molecule has 0 bridgehead atoms. The van der Waals surface area contributed by atoms with Gasteiger partial charge in [-0.25, -0.2) is 9.79 Å². The molecule has 2 heterocycles. The van der Waals surface area contributed by atoms with Crippen molar-refractivity contribution in [1.82, 2.24) is 4.57 Å². The van der Waals surface area contributed by atoms with Crippen molar-refractivity contribution in [1.29, 1.82) is 0 Å². The summed E-state index contributed by atoms with van der Waals surface area (Å²) in [5.74, 6) is 0.608. The molecule has 0 unspecified atom stereocenters. The lowest BCUT2D eigenvalue weighted by atomic mass is 9.91. The van der Waals surface area contributed by atoms with E-state index < -0.39 is 12.0 Å². The van der Waals surface area contributed by atoms with Gasteiger partial charge in [0.25, 0.3) is 5.56 Å². The van der Waals surface area contributed by atoms with E-state index in [1.807, 2.05) is 84.9 Å². The van der Waals surface area contributed by atoms with Crippen LogP contribution in [0.2, 0.25) is 5.02 Å². The Kier molecular flexibility index (Phi) is 10.9. The van der Waals surface area contributed by atoms with Crippen LogP contribution in [0.1, 0.15) is 60.5 Å². The molecule has 0 radical (unpaired) electrons. The first-order valence-corrected chi connectivity index (χ1v) is 18.7. The molecule has 1 aromatic heterocycles. The first-order chi connectivity index (χ1) is 23.1. The van der Waals surface area contributed by atoms with Crippen LogP contribution < -0.4 is 19.6 Å². The zero-order valence-electron chi connectivity index (χ0n) is 26.4. The molecule has 0 saturated heterocycles.